The summed E-state index contributed by atoms with van der Waals surface area (Å²) < 4.78 is 7.35. The van der Waals surface area contributed by atoms with Gasteiger partial charge >= 0.3 is 0 Å². The molecule has 0 aromatic carbocycles. The van der Waals surface area contributed by atoms with E-state index in [9.17, 15) is 4.79 Å². The average Bonchev–Trinajstić information content (AvgIpc) is 2.38. The number of aromatic nitrogens is 2. The molecular weight excluding hydrogens is 296 g/mol. The summed E-state index contributed by atoms with van der Waals surface area (Å²) in [6.07, 6.45) is 0. The molecular formula is C12H18N4O2S2. The molecule has 1 saturated heterocycles. The van der Waals surface area contributed by atoms with Crippen LogP contribution in [-0.4, -0.2) is 50.9 Å². The molecule has 0 bridgehead atoms. The number of rotatable bonds is 4. The molecule has 0 aliphatic carbocycles. The summed E-state index contributed by atoms with van der Waals surface area (Å²) in [5.74, 6) is 1.04. The number of hydrogen-bond acceptors (Lipinski definition) is 8. The van der Waals surface area contributed by atoms with Gasteiger partial charge in [-0.05, 0) is 19.9 Å². The highest BCUT2D eigenvalue weighted by atomic mass is 32.2. The molecule has 0 atom stereocenters. The maximum absolute atomic E-state index is 11.8. The van der Waals surface area contributed by atoms with Crippen molar-refractivity contribution in [1.29, 1.82) is 0 Å². The monoisotopic (exact) mass is 314 g/mol. The topological polar surface area (TPSA) is 67.4 Å². The average molecular weight is 314 g/mol. The van der Waals surface area contributed by atoms with Crippen LogP contribution >= 0.6 is 23.7 Å². The lowest BCUT2D eigenvalue weighted by Gasteiger charge is -2.24. The number of morpholine rings is 1. The summed E-state index contributed by atoms with van der Waals surface area (Å²) in [6.45, 7) is 6.83. The number of nitrogens with zero attached hydrogens (tertiary/aromatic N) is 3. The van der Waals surface area contributed by atoms with Crippen molar-refractivity contribution in [3.8, 4) is 0 Å². The van der Waals surface area contributed by atoms with Crippen LogP contribution in [0, 0.1) is 13.8 Å². The van der Waals surface area contributed by atoms with Gasteiger partial charge in [0.1, 0.15) is 0 Å². The Morgan fingerprint density at radius 2 is 2.00 bits per heavy atom. The van der Waals surface area contributed by atoms with Crippen molar-refractivity contribution in [2.24, 2.45) is 0 Å². The Morgan fingerprint density at radius 3 is 2.65 bits per heavy atom. The molecule has 8 heteroatoms. The minimum atomic E-state index is 0.0729. The highest BCUT2D eigenvalue weighted by molar-refractivity contribution is 8.37. The number of carbonyl (C=O) groups is 1. The van der Waals surface area contributed by atoms with Gasteiger partial charge in [0.05, 0.1) is 19.1 Å². The van der Waals surface area contributed by atoms with E-state index in [2.05, 4.69) is 15.3 Å². The first-order valence-corrected chi connectivity index (χ1v) is 8.13. The molecule has 1 aromatic rings. The highest BCUT2D eigenvalue weighted by Crippen LogP contribution is 2.21. The first-order chi connectivity index (χ1) is 9.63. The van der Waals surface area contributed by atoms with E-state index in [1.54, 1.807) is 0 Å². The Balaban J connectivity index is 1.70. The number of anilines is 1. The Morgan fingerprint density at radius 1 is 1.35 bits per heavy atom. The molecule has 2 rings (SSSR count). The molecule has 0 unspecified atom stereocenters. The van der Waals surface area contributed by atoms with E-state index in [-0.39, 0.29) is 4.45 Å². The zero-order valence-electron chi connectivity index (χ0n) is 11.6. The summed E-state index contributed by atoms with van der Waals surface area (Å²) >= 11 is 2.49. The predicted molar refractivity (Wildman–Crippen MR) is 83.0 cm³/mol. The third-order valence-electron chi connectivity index (χ3n) is 2.58. The number of ether oxygens (including phenoxy) is 1. The van der Waals surface area contributed by atoms with Crippen LogP contribution in [0.2, 0.25) is 0 Å². The lowest BCUT2D eigenvalue weighted by atomic mass is 10.4. The van der Waals surface area contributed by atoms with E-state index in [1.165, 1.54) is 23.7 Å². The Kier molecular flexibility index (Phi) is 6.08. The quantitative estimate of drug-likeness (QED) is 0.671. The second-order valence-electron chi connectivity index (χ2n) is 4.32. The summed E-state index contributed by atoms with van der Waals surface area (Å²) in [4.78, 5) is 20.3. The van der Waals surface area contributed by atoms with Gasteiger partial charge in [0, 0.05) is 36.4 Å². The molecule has 1 aromatic heterocycles. The predicted octanol–water partition coefficient (Wildman–Crippen LogP) is 2.30. The molecule has 1 aliphatic heterocycles. The van der Waals surface area contributed by atoms with E-state index < -0.39 is 0 Å². The van der Waals surface area contributed by atoms with Gasteiger partial charge in [0.15, 0.2) is 0 Å². The van der Waals surface area contributed by atoms with E-state index in [0.717, 1.165) is 24.5 Å². The second kappa shape index (κ2) is 7.82. The fraction of sp³-hybridized carbons (Fsp3) is 0.583. The van der Waals surface area contributed by atoms with Crippen LogP contribution in [0.1, 0.15) is 11.4 Å². The van der Waals surface area contributed by atoms with E-state index in [0.29, 0.717) is 25.0 Å². The number of aryl methyl sites for hydroxylation is 2. The summed E-state index contributed by atoms with van der Waals surface area (Å²) in [6, 6.07) is 1.91. The minimum absolute atomic E-state index is 0.0729. The van der Waals surface area contributed by atoms with Crippen molar-refractivity contribution in [3.05, 3.63) is 17.5 Å². The summed E-state index contributed by atoms with van der Waals surface area (Å²) in [5.41, 5.74) is 1.83. The van der Waals surface area contributed by atoms with Gasteiger partial charge in [-0.15, -0.1) is 0 Å². The molecule has 1 N–H and O–H groups in total. The first-order valence-electron chi connectivity index (χ1n) is 6.37. The van der Waals surface area contributed by atoms with Gasteiger partial charge in [-0.3, -0.25) is 4.79 Å². The van der Waals surface area contributed by atoms with E-state index >= 15 is 0 Å². The SMILES string of the molecule is Cc1cc(C)nc(NCSC(=O)SN2CCOCC2)n1. The molecule has 0 amide bonds. The van der Waals surface area contributed by atoms with Crippen molar-refractivity contribution in [2.45, 2.75) is 13.8 Å². The molecule has 0 radical (unpaired) electrons. The van der Waals surface area contributed by atoms with Crippen molar-refractivity contribution in [3.63, 3.8) is 0 Å². The van der Waals surface area contributed by atoms with Gasteiger partial charge in [0.25, 0.3) is 4.45 Å². The van der Waals surface area contributed by atoms with Crippen molar-refractivity contribution < 1.29 is 9.53 Å². The van der Waals surface area contributed by atoms with Gasteiger partial charge < -0.3 is 10.1 Å². The molecule has 110 valence electrons. The Labute approximate surface area is 127 Å². The highest BCUT2D eigenvalue weighted by Gasteiger charge is 2.15. The summed E-state index contributed by atoms with van der Waals surface area (Å²) in [5, 5.41) is 3.06. The van der Waals surface area contributed by atoms with Crippen molar-refractivity contribution in [1.82, 2.24) is 14.3 Å². The standard InChI is InChI=1S/C12H18N4O2S2/c1-9-7-10(2)15-11(14-9)13-8-19-12(17)20-16-3-5-18-6-4-16/h7H,3-6,8H2,1-2H3,(H,13,14,15). The third-order valence-corrected chi connectivity index (χ3v) is 4.45. The summed E-state index contributed by atoms with van der Waals surface area (Å²) in [7, 11) is 0. The maximum atomic E-state index is 11.8. The number of thioether (sulfide) groups is 1. The van der Waals surface area contributed by atoms with Crippen LogP contribution in [-0.2, 0) is 4.74 Å². The third kappa shape index (κ3) is 5.28. The Bertz CT molecular complexity index is 447. The minimum Gasteiger partial charge on any atom is -0.379 e. The van der Waals surface area contributed by atoms with E-state index in [4.69, 9.17) is 4.74 Å². The normalized spacial score (nSPS) is 16.1. The fourth-order valence-electron chi connectivity index (χ4n) is 1.73. The van der Waals surface area contributed by atoms with Gasteiger partial charge in [-0.1, -0.05) is 11.8 Å². The van der Waals surface area contributed by atoms with Crippen molar-refractivity contribution >= 4 is 34.1 Å². The van der Waals surface area contributed by atoms with Gasteiger partial charge in [-0.2, -0.15) is 0 Å². The van der Waals surface area contributed by atoms with Crippen LogP contribution in [0.15, 0.2) is 6.07 Å². The smallest absolute Gasteiger partial charge is 0.262 e. The number of hydrogen-bond donors (Lipinski definition) is 1. The molecule has 2 heterocycles. The number of nitrogens with one attached hydrogen (secondary N) is 1. The van der Waals surface area contributed by atoms with Crippen LogP contribution in [0.5, 0.6) is 0 Å². The van der Waals surface area contributed by atoms with Gasteiger partial charge in [0.2, 0.25) is 5.95 Å². The first kappa shape index (κ1) is 15.6. The van der Waals surface area contributed by atoms with Crippen LogP contribution in [0.4, 0.5) is 10.7 Å². The lowest BCUT2D eigenvalue weighted by molar-refractivity contribution is 0.0776. The fourth-order valence-corrected chi connectivity index (χ4v) is 3.30. The molecule has 0 spiro atoms. The lowest BCUT2D eigenvalue weighted by Crippen LogP contribution is -2.31. The molecule has 20 heavy (non-hydrogen) atoms. The van der Waals surface area contributed by atoms with E-state index in [1.807, 2.05) is 24.2 Å². The number of carbonyl (C=O) groups excluding carboxylic acids is 1. The molecule has 0 saturated carbocycles. The largest absolute Gasteiger partial charge is 0.379 e. The maximum Gasteiger partial charge on any atom is 0.262 e. The molecule has 6 nitrogen and oxygen atoms in total. The van der Waals surface area contributed by atoms with Crippen molar-refractivity contribution in [2.75, 3.05) is 37.5 Å². The molecule has 1 aliphatic rings. The van der Waals surface area contributed by atoms with Crippen LogP contribution < -0.4 is 5.32 Å². The Hall–Kier alpha value is -0.830. The van der Waals surface area contributed by atoms with Crippen LogP contribution in [0.25, 0.3) is 0 Å². The molecule has 1 fully saturated rings. The second-order valence-corrected chi connectivity index (χ2v) is 6.60. The van der Waals surface area contributed by atoms with Gasteiger partial charge in [-0.25, -0.2) is 14.3 Å². The van der Waals surface area contributed by atoms with Crippen LogP contribution in [0.3, 0.4) is 0 Å². The zero-order valence-corrected chi connectivity index (χ0v) is 13.2. The zero-order chi connectivity index (χ0) is 14.4.